The molecule has 1 saturated heterocycles. The Kier molecular flexibility index (Phi) is 5.63. The third-order valence-electron chi connectivity index (χ3n) is 4.90. The number of hydrogen-bond acceptors (Lipinski definition) is 5. The van der Waals surface area contributed by atoms with Crippen LogP contribution in [0.4, 0.5) is 18.9 Å². The van der Waals surface area contributed by atoms with Gasteiger partial charge in [0.25, 0.3) is 0 Å². The number of aromatic nitrogens is 1. The highest BCUT2D eigenvalue weighted by atomic mass is 19.4. The third kappa shape index (κ3) is 5.10. The van der Waals surface area contributed by atoms with Crippen molar-refractivity contribution in [3.05, 3.63) is 54.4 Å². The fourth-order valence-electron chi connectivity index (χ4n) is 3.61. The van der Waals surface area contributed by atoms with Crippen LogP contribution >= 0.6 is 0 Å². The van der Waals surface area contributed by atoms with E-state index in [1.807, 2.05) is 29.2 Å². The summed E-state index contributed by atoms with van der Waals surface area (Å²) >= 11 is 0. The quantitative estimate of drug-likeness (QED) is 0.658. The Hall–Kier alpha value is -3.07. The summed E-state index contributed by atoms with van der Waals surface area (Å²) in [5, 5.41) is 2.70. The second-order valence-corrected chi connectivity index (χ2v) is 7.21. The summed E-state index contributed by atoms with van der Waals surface area (Å²) in [7, 11) is 0. The van der Waals surface area contributed by atoms with Crippen LogP contribution in [0.2, 0.25) is 0 Å². The van der Waals surface area contributed by atoms with Crippen molar-refractivity contribution in [1.82, 2.24) is 9.88 Å². The number of carbonyl (C=O) groups excluding carboxylic acids is 1. The summed E-state index contributed by atoms with van der Waals surface area (Å²) in [6, 6.07) is 12.7. The summed E-state index contributed by atoms with van der Waals surface area (Å²) in [6.07, 6.45) is -2.89. The van der Waals surface area contributed by atoms with Crippen LogP contribution in [0.5, 0.6) is 5.75 Å². The van der Waals surface area contributed by atoms with E-state index in [-0.39, 0.29) is 24.1 Å². The molecule has 30 heavy (non-hydrogen) atoms. The molecule has 0 unspecified atom stereocenters. The van der Waals surface area contributed by atoms with Crippen molar-refractivity contribution in [3.8, 4) is 5.75 Å². The van der Waals surface area contributed by atoms with Crippen molar-refractivity contribution in [1.29, 1.82) is 0 Å². The molecule has 1 atom stereocenters. The first-order valence-corrected chi connectivity index (χ1v) is 9.59. The highest BCUT2D eigenvalue weighted by Gasteiger charge is 2.31. The molecule has 0 bridgehead atoms. The number of ether oxygens (including phenoxy) is 1. The number of nitrogens with one attached hydrogen (secondary N) is 1. The van der Waals surface area contributed by atoms with Gasteiger partial charge >= 0.3 is 6.36 Å². The van der Waals surface area contributed by atoms with Crippen molar-refractivity contribution < 1.29 is 27.1 Å². The first-order chi connectivity index (χ1) is 14.4. The Bertz CT molecular complexity index is 985. The van der Waals surface area contributed by atoms with Crippen LogP contribution in [0.15, 0.2) is 52.9 Å². The van der Waals surface area contributed by atoms with Gasteiger partial charge in [-0.3, -0.25) is 9.69 Å². The molecule has 1 aliphatic heterocycles. The monoisotopic (exact) mass is 419 g/mol. The summed E-state index contributed by atoms with van der Waals surface area (Å²) < 4.78 is 46.4. The minimum atomic E-state index is -4.75. The van der Waals surface area contributed by atoms with E-state index in [9.17, 15) is 18.0 Å². The van der Waals surface area contributed by atoms with E-state index in [4.69, 9.17) is 4.42 Å². The van der Waals surface area contributed by atoms with Crippen LogP contribution in [-0.4, -0.2) is 41.8 Å². The maximum Gasteiger partial charge on any atom is 0.573 e. The fraction of sp³-hybridized carbons (Fsp3) is 0.333. The zero-order valence-corrected chi connectivity index (χ0v) is 16.0. The molecule has 0 radical (unpaired) electrons. The van der Waals surface area contributed by atoms with E-state index >= 15 is 0 Å². The largest absolute Gasteiger partial charge is 0.573 e. The average molecular weight is 419 g/mol. The molecule has 1 aliphatic rings. The second-order valence-electron chi connectivity index (χ2n) is 7.21. The van der Waals surface area contributed by atoms with Crippen molar-refractivity contribution in [2.45, 2.75) is 25.1 Å². The number of likely N-dealkylation sites (tertiary alicyclic amines) is 1. The molecular formula is C21H20F3N3O3. The topological polar surface area (TPSA) is 67.6 Å². The number of piperidine rings is 1. The molecule has 1 N–H and O–H groups in total. The smallest absolute Gasteiger partial charge is 0.440 e. The van der Waals surface area contributed by atoms with E-state index in [1.54, 1.807) is 0 Å². The number of fused-ring (bicyclic) bond motifs is 1. The Morgan fingerprint density at radius 2 is 1.97 bits per heavy atom. The normalized spacial score (nSPS) is 17.8. The summed E-state index contributed by atoms with van der Waals surface area (Å²) in [5.41, 5.74) is 1.97. The van der Waals surface area contributed by atoms with Gasteiger partial charge in [0.05, 0.1) is 6.54 Å². The number of oxazole rings is 1. The first kappa shape index (κ1) is 20.2. The molecule has 158 valence electrons. The maximum atomic E-state index is 12.4. The number of nitrogens with zero attached hydrogens (tertiary/aromatic N) is 2. The van der Waals surface area contributed by atoms with Gasteiger partial charge in [-0.15, -0.1) is 13.2 Å². The van der Waals surface area contributed by atoms with E-state index in [2.05, 4.69) is 15.0 Å². The van der Waals surface area contributed by atoms with Crippen LogP contribution in [0.3, 0.4) is 0 Å². The van der Waals surface area contributed by atoms with Crippen LogP contribution in [-0.2, 0) is 4.79 Å². The van der Waals surface area contributed by atoms with Gasteiger partial charge in [0, 0.05) is 18.2 Å². The molecule has 1 fully saturated rings. The minimum Gasteiger partial charge on any atom is -0.440 e. The predicted molar refractivity (Wildman–Crippen MR) is 104 cm³/mol. The van der Waals surface area contributed by atoms with Gasteiger partial charge in [-0.05, 0) is 55.8 Å². The first-order valence-electron chi connectivity index (χ1n) is 9.59. The third-order valence-corrected chi connectivity index (χ3v) is 4.90. The zero-order chi connectivity index (χ0) is 21.1. The molecule has 1 aromatic heterocycles. The van der Waals surface area contributed by atoms with E-state index in [1.165, 1.54) is 12.1 Å². The molecule has 1 amide bonds. The maximum absolute atomic E-state index is 12.4. The van der Waals surface area contributed by atoms with E-state index in [0.29, 0.717) is 18.1 Å². The lowest BCUT2D eigenvalue weighted by molar-refractivity contribution is -0.274. The van der Waals surface area contributed by atoms with Crippen molar-refractivity contribution in [2.24, 2.45) is 0 Å². The lowest BCUT2D eigenvalue weighted by Crippen LogP contribution is -2.39. The van der Waals surface area contributed by atoms with Crippen LogP contribution in [0, 0.1) is 0 Å². The molecule has 3 aromatic rings. The summed E-state index contributed by atoms with van der Waals surface area (Å²) in [5.74, 6) is 0.217. The highest BCUT2D eigenvalue weighted by molar-refractivity contribution is 5.92. The molecule has 0 spiro atoms. The van der Waals surface area contributed by atoms with Gasteiger partial charge in [-0.2, -0.15) is 0 Å². The number of carbonyl (C=O) groups is 1. The number of benzene rings is 2. The molecule has 4 rings (SSSR count). The highest BCUT2D eigenvalue weighted by Crippen LogP contribution is 2.29. The second kappa shape index (κ2) is 8.35. The van der Waals surface area contributed by atoms with Crippen molar-refractivity contribution in [2.75, 3.05) is 25.0 Å². The number of rotatable bonds is 5. The number of alkyl halides is 3. The SMILES string of the molecule is O=C(CN1CCC[C@@H](c2nc3ccccc3o2)C1)Nc1ccc(OC(F)(F)F)cc1. The Labute approximate surface area is 170 Å². The summed E-state index contributed by atoms with van der Waals surface area (Å²) in [6.45, 7) is 1.61. The summed E-state index contributed by atoms with van der Waals surface area (Å²) in [4.78, 5) is 19.0. The lowest BCUT2D eigenvalue weighted by Gasteiger charge is -2.30. The minimum absolute atomic E-state index is 0.109. The number of para-hydroxylation sites is 2. The van der Waals surface area contributed by atoms with E-state index < -0.39 is 6.36 Å². The zero-order valence-electron chi connectivity index (χ0n) is 16.0. The molecule has 0 aliphatic carbocycles. The Morgan fingerprint density at radius 3 is 2.70 bits per heavy atom. The van der Waals surface area contributed by atoms with Crippen molar-refractivity contribution >= 4 is 22.7 Å². The molecule has 6 nitrogen and oxygen atoms in total. The predicted octanol–water partition coefficient (Wildman–Crippen LogP) is 4.54. The van der Waals surface area contributed by atoms with Crippen LogP contribution in [0.25, 0.3) is 11.1 Å². The Balaban J connectivity index is 1.33. The van der Waals surface area contributed by atoms with Gasteiger partial charge in [0.15, 0.2) is 11.5 Å². The van der Waals surface area contributed by atoms with Gasteiger partial charge in [0.1, 0.15) is 11.3 Å². The molecule has 9 heteroatoms. The van der Waals surface area contributed by atoms with Crippen LogP contribution < -0.4 is 10.1 Å². The van der Waals surface area contributed by atoms with Gasteiger partial charge in [-0.1, -0.05) is 12.1 Å². The standard InChI is InChI=1S/C21H20F3N3O3/c22-21(23,24)30-16-9-7-15(8-10-16)25-19(28)13-27-11-3-4-14(12-27)20-26-17-5-1-2-6-18(17)29-20/h1-2,5-10,14H,3-4,11-13H2,(H,25,28)/t14-/m1/s1. The lowest BCUT2D eigenvalue weighted by atomic mass is 9.98. The average Bonchev–Trinajstić information content (AvgIpc) is 3.13. The number of hydrogen-bond donors (Lipinski definition) is 1. The molecular weight excluding hydrogens is 399 g/mol. The number of anilines is 1. The molecule has 2 heterocycles. The van der Waals surface area contributed by atoms with Crippen LogP contribution in [0.1, 0.15) is 24.7 Å². The van der Waals surface area contributed by atoms with Gasteiger partial charge < -0.3 is 14.5 Å². The number of amides is 1. The molecule has 0 saturated carbocycles. The fourth-order valence-corrected chi connectivity index (χ4v) is 3.61. The van der Waals surface area contributed by atoms with Gasteiger partial charge in [-0.25, -0.2) is 4.98 Å². The number of halogens is 3. The Morgan fingerprint density at radius 1 is 1.20 bits per heavy atom. The van der Waals surface area contributed by atoms with Gasteiger partial charge in [0.2, 0.25) is 5.91 Å². The molecule has 2 aromatic carbocycles. The van der Waals surface area contributed by atoms with Crippen molar-refractivity contribution in [3.63, 3.8) is 0 Å². The van der Waals surface area contributed by atoms with E-state index in [0.717, 1.165) is 42.6 Å².